The van der Waals surface area contributed by atoms with Crippen LogP contribution in [0.5, 0.6) is 0 Å². The third kappa shape index (κ3) is 4.41. The number of likely N-dealkylation sites (tertiary alicyclic amines) is 1. The SMILES string of the molecule is CCCN1CC=C[C@@H]2O[C@]34C=CCN(c5c(C)cccc5Cl)C(=O)C3N([C@@H](CO)CC(C)C)C(=O)[C@@H]4[C@@H]2C1=O. The maximum atomic E-state index is 14.6. The zero-order valence-corrected chi connectivity index (χ0v) is 23.8. The second kappa shape index (κ2) is 10.7. The molecule has 4 aliphatic rings. The summed E-state index contributed by atoms with van der Waals surface area (Å²) in [6.07, 6.45) is 8.15. The summed E-state index contributed by atoms with van der Waals surface area (Å²) >= 11 is 6.61. The molecule has 1 spiro atoms. The van der Waals surface area contributed by atoms with Gasteiger partial charge in [0.1, 0.15) is 11.6 Å². The Morgan fingerprint density at radius 2 is 1.90 bits per heavy atom. The van der Waals surface area contributed by atoms with Gasteiger partial charge in [0.15, 0.2) is 0 Å². The Balaban J connectivity index is 1.66. The molecule has 0 bridgehead atoms. The van der Waals surface area contributed by atoms with Crippen LogP contribution in [0.4, 0.5) is 5.69 Å². The van der Waals surface area contributed by atoms with E-state index in [0.717, 1.165) is 12.0 Å². The molecule has 210 valence electrons. The number of para-hydroxylation sites is 1. The summed E-state index contributed by atoms with van der Waals surface area (Å²) in [6.45, 7) is 8.93. The highest BCUT2D eigenvalue weighted by atomic mass is 35.5. The molecule has 0 radical (unpaired) electrons. The Kier molecular flexibility index (Phi) is 7.65. The van der Waals surface area contributed by atoms with Crippen molar-refractivity contribution in [3.63, 3.8) is 0 Å². The molecule has 1 unspecified atom stereocenters. The van der Waals surface area contributed by atoms with Crippen molar-refractivity contribution in [2.45, 2.75) is 64.3 Å². The van der Waals surface area contributed by atoms with E-state index in [1.54, 1.807) is 15.9 Å². The number of carbonyl (C=O) groups excluding carboxylic acids is 3. The summed E-state index contributed by atoms with van der Waals surface area (Å²) in [5.74, 6) is -2.23. The van der Waals surface area contributed by atoms with Crippen molar-refractivity contribution >= 4 is 35.0 Å². The van der Waals surface area contributed by atoms with Crippen molar-refractivity contribution in [2.75, 3.05) is 31.1 Å². The molecule has 0 saturated carbocycles. The maximum Gasteiger partial charge on any atom is 0.253 e. The largest absolute Gasteiger partial charge is 0.394 e. The van der Waals surface area contributed by atoms with Crippen molar-refractivity contribution in [2.24, 2.45) is 17.8 Å². The van der Waals surface area contributed by atoms with Gasteiger partial charge in [0.2, 0.25) is 11.8 Å². The quantitative estimate of drug-likeness (QED) is 0.521. The third-order valence-electron chi connectivity index (χ3n) is 8.48. The van der Waals surface area contributed by atoms with E-state index in [0.29, 0.717) is 30.2 Å². The normalized spacial score (nSPS) is 30.9. The minimum absolute atomic E-state index is 0.129. The molecule has 4 heterocycles. The smallest absolute Gasteiger partial charge is 0.253 e. The molecular formula is C30H38ClN3O5. The zero-order valence-electron chi connectivity index (χ0n) is 23.0. The van der Waals surface area contributed by atoms with Crippen LogP contribution in [0.25, 0.3) is 0 Å². The Labute approximate surface area is 235 Å². The predicted molar refractivity (Wildman–Crippen MR) is 149 cm³/mol. The molecule has 1 N–H and O–H groups in total. The summed E-state index contributed by atoms with van der Waals surface area (Å²) in [6, 6.07) is 3.82. The van der Waals surface area contributed by atoms with E-state index in [2.05, 4.69) is 0 Å². The number of ether oxygens (including phenoxy) is 1. The van der Waals surface area contributed by atoms with Crippen molar-refractivity contribution in [3.8, 4) is 0 Å². The molecule has 6 atom stereocenters. The van der Waals surface area contributed by atoms with Crippen LogP contribution in [0.15, 0.2) is 42.5 Å². The van der Waals surface area contributed by atoms with Gasteiger partial charge in [-0.2, -0.15) is 0 Å². The molecule has 3 amide bonds. The number of fused-ring (bicyclic) bond motifs is 2. The molecule has 1 aromatic carbocycles. The summed E-state index contributed by atoms with van der Waals surface area (Å²) in [7, 11) is 0. The first-order valence-electron chi connectivity index (χ1n) is 14.0. The molecule has 39 heavy (non-hydrogen) atoms. The van der Waals surface area contributed by atoms with Gasteiger partial charge in [0.05, 0.1) is 41.3 Å². The van der Waals surface area contributed by atoms with Crippen LogP contribution in [0.1, 0.15) is 39.2 Å². The summed E-state index contributed by atoms with van der Waals surface area (Å²) in [5, 5.41) is 10.9. The number of benzene rings is 1. The number of aliphatic hydroxyl groups is 1. The Morgan fingerprint density at radius 3 is 2.56 bits per heavy atom. The lowest BCUT2D eigenvalue weighted by Gasteiger charge is -2.39. The van der Waals surface area contributed by atoms with Crippen molar-refractivity contribution < 1.29 is 24.2 Å². The first-order valence-corrected chi connectivity index (χ1v) is 14.3. The van der Waals surface area contributed by atoms with Crippen molar-refractivity contribution in [3.05, 3.63) is 53.1 Å². The highest BCUT2D eigenvalue weighted by Gasteiger charge is 2.72. The van der Waals surface area contributed by atoms with E-state index in [-0.39, 0.29) is 36.8 Å². The number of carbonyl (C=O) groups is 3. The lowest BCUT2D eigenvalue weighted by atomic mass is 9.77. The summed E-state index contributed by atoms with van der Waals surface area (Å²) < 4.78 is 6.71. The fourth-order valence-electron chi connectivity index (χ4n) is 6.98. The van der Waals surface area contributed by atoms with Gasteiger partial charge in [0, 0.05) is 19.6 Å². The standard InChI is InChI=1S/C30H38ClN3O5/c1-5-13-32-14-7-11-22-23(27(32)36)24-28(37)34(20(17-35)16-18(2)3)26-29(38)33(15-8-12-30(24,26)39-22)25-19(4)9-6-10-21(25)31/h6-12,18,20,22-24,26,35H,5,13-17H2,1-4H3/t20-,22+,23-,24+,26?,30+/m1/s1. The van der Waals surface area contributed by atoms with E-state index < -0.39 is 35.6 Å². The van der Waals surface area contributed by atoms with Crippen LogP contribution in [-0.4, -0.2) is 82.7 Å². The van der Waals surface area contributed by atoms with Gasteiger partial charge in [-0.05, 0) is 37.3 Å². The molecule has 9 heteroatoms. The number of halogens is 1. The van der Waals surface area contributed by atoms with Gasteiger partial charge in [0.25, 0.3) is 5.91 Å². The van der Waals surface area contributed by atoms with Crippen molar-refractivity contribution in [1.82, 2.24) is 9.80 Å². The van der Waals surface area contributed by atoms with Gasteiger partial charge in [-0.1, -0.05) is 68.8 Å². The molecule has 4 aliphatic heterocycles. The Bertz CT molecular complexity index is 1190. The first-order chi connectivity index (χ1) is 18.7. The number of amides is 3. The highest BCUT2D eigenvalue weighted by Crippen LogP contribution is 2.54. The number of anilines is 1. The number of hydrogen-bond donors (Lipinski definition) is 1. The van der Waals surface area contributed by atoms with Crippen molar-refractivity contribution in [1.29, 1.82) is 0 Å². The molecule has 0 aliphatic carbocycles. The zero-order chi connectivity index (χ0) is 28.1. The van der Waals surface area contributed by atoms with Crippen LogP contribution in [-0.2, 0) is 19.1 Å². The number of hydrogen-bond acceptors (Lipinski definition) is 5. The molecule has 2 saturated heterocycles. The van der Waals surface area contributed by atoms with E-state index in [4.69, 9.17) is 16.3 Å². The molecule has 0 aromatic heterocycles. The number of aliphatic hydroxyl groups excluding tert-OH is 1. The van der Waals surface area contributed by atoms with Crippen LogP contribution in [0.2, 0.25) is 5.02 Å². The minimum Gasteiger partial charge on any atom is -0.394 e. The van der Waals surface area contributed by atoms with E-state index in [1.807, 2.05) is 64.1 Å². The summed E-state index contributed by atoms with van der Waals surface area (Å²) in [4.78, 5) is 47.9. The fourth-order valence-corrected chi connectivity index (χ4v) is 7.30. The lowest BCUT2D eigenvalue weighted by Crippen LogP contribution is -2.58. The minimum atomic E-state index is -1.34. The third-order valence-corrected chi connectivity index (χ3v) is 8.78. The molecular weight excluding hydrogens is 518 g/mol. The average Bonchev–Trinajstić information content (AvgIpc) is 3.21. The highest BCUT2D eigenvalue weighted by molar-refractivity contribution is 6.34. The predicted octanol–water partition coefficient (Wildman–Crippen LogP) is 3.35. The van der Waals surface area contributed by atoms with Gasteiger partial charge < -0.3 is 24.5 Å². The fraction of sp³-hybridized carbons (Fsp3) is 0.567. The van der Waals surface area contributed by atoms with E-state index >= 15 is 0 Å². The second-order valence-corrected chi connectivity index (χ2v) is 11.9. The monoisotopic (exact) mass is 555 g/mol. The number of rotatable bonds is 7. The average molecular weight is 556 g/mol. The van der Waals surface area contributed by atoms with Gasteiger partial charge in [-0.15, -0.1) is 0 Å². The maximum absolute atomic E-state index is 14.6. The lowest BCUT2D eigenvalue weighted by molar-refractivity contribution is -0.147. The van der Waals surface area contributed by atoms with E-state index in [1.165, 1.54) is 4.90 Å². The van der Waals surface area contributed by atoms with Gasteiger partial charge in [-0.3, -0.25) is 14.4 Å². The second-order valence-electron chi connectivity index (χ2n) is 11.5. The van der Waals surface area contributed by atoms with Gasteiger partial charge in [-0.25, -0.2) is 0 Å². The Hall–Kier alpha value is -2.68. The molecule has 1 aromatic rings. The number of aryl methyl sites for hydroxylation is 1. The molecule has 8 nitrogen and oxygen atoms in total. The van der Waals surface area contributed by atoms with Crippen LogP contribution < -0.4 is 4.90 Å². The Morgan fingerprint density at radius 1 is 1.13 bits per heavy atom. The van der Waals surface area contributed by atoms with Crippen LogP contribution >= 0.6 is 11.6 Å². The topological polar surface area (TPSA) is 90.4 Å². The van der Waals surface area contributed by atoms with Crippen LogP contribution in [0, 0.1) is 24.7 Å². The number of nitrogens with zero attached hydrogens (tertiary/aromatic N) is 3. The molecule has 5 rings (SSSR count). The van der Waals surface area contributed by atoms with Crippen LogP contribution in [0.3, 0.4) is 0 Å². The first kappa shape index (κ1) is 27.9. The van der Waals surface area contributed by atoms with E-state index in [9.17, 15) is 19.5 Å². The van der Waals surface area contributed by atoms with Gasteiger partial charge >= 0.3 is 0 Å². The summed E-state index contributed by atoms with van der Waals surface area (Å²) in [5.41, 5.74) is 0.0790. The molecule has 2 fully saturated rings.